The van der Waals surface area contributed by atoms with Crippen molar-refractivity contribution >= 4 is 17.0 Å². The second kappa shape index (κ2) is 3.23. The van der Waals surface area contributed by atoms with E-state index in [1.54, 1.807) is 6.07 Å². The molecule has 3 nitrogen and oxygen atoms in total. The number of fused-ring (bicyclic) bond motifs is 2. The number of aryl methyl sites for hydroxylation is 1. The van der Waals surface area contributed by atoms with E-state index >= 15 is 0 Å². The summed E-state index contributed by atoms with van der Waals surface area (Å²) in [7, 11) is 0. The first-order chi connectivity index (χ1) is 7.74. The van der Waals surface area contributed by atoms with Gasteiger partial charge in [-0.15, -0.1) is 0 Å². The zero-order valence-electron chi connectivity index (χ0n) is 8.82. The molecule has 16 heavy (non-hydrogen) atoms. The number of ether oxygens (including phenoxy) is 1. The highest BCUT2D eigenvalue weighted by molar-refractivity contribution is 5.85. The maximum Gasteiger partial charge on any atom is 0.336 e. The molecule has 80 valence electrons. The lowest BCUT2D eigenvalue weighted by Crippen LogP contribution is -2.02. The molecule has 1 aromatic carbocycles. The first kappa shape index (κ1) is 9.21. The summed E-state index contributed by atoms with van der Waals surface area (Å²) in [5.74, 6) is 0.767. The quantitative estimate of drug-likeness (QED) is 0.632. The van der Waals surface area contributed by atoms with Crippen LogP contribution in [0.15, 0.2) is 33.5 Å². The van der Waals surface area contributed by atoms with Crippen molar-refractivity contribution < 1.29 is 9.15 Å². The molecule has 0 unspecified atom stereocenters. The van der Waals surface area contributed by atoms with Gasteiger partial charge in [-0.05, 0) is 24.6 Å². The molecule has 3 heteroatoms. The van der Waals surface area contributed by atoms with Crippen molar-refractivity contribution in [2.24, 2.45) is 0 Å². The fourth-order valence-corrected chi connectivity index (χ4v) is 1.93. The molecule has 0 saturated heterocycles. The Balaban J connectivity index is 2.41. The summed E-state index contributed by atoms with van der Waals surface area (Å²) in [6.45, 7) is 2.47. The Morgan fingerprint density at radius 2 is 2.12 bits per heavy atom. The Labute approximate surface area is 92.0 Å². The van der Waals surface area contributed by atoms with Crippen LogP contribution < -0.4 is 10.4 Å². The standard InChI is InChI=1S/C13H10O3/c1-8-5-13(14)16-12-7-11-9(6-10(8)12)3-2-4-15-11/h2-3,5-7H,4H2,1H3. The van der Waals surface area contributed by atoms with E-state index in [9.17, 15) is 4.79 Å². The van der Waals surface area contributed by atoms with Crippen LogP contribution in [0, 0.1) is 6.92 Å². The Hall–Kier alpha value is -2.03. The van der Waals surface area contributed by atoms with Crippen LogP contribution in [-0.4, -0.2) is 6.61 Å². The Morgan fingerprint density at radius 3 is 3.00 bits per heavy atom. The number of benzene rings is 1. The van der Waals surface area contributed by atoms with Crippen LogP contribution >= 0.6 is 0 Å². The van der Waals surface area contributed by atoms with Gasteiger partial charge in [0.05, 0.1) is 0 Å². The van der Waals surface area contributed by atoms with Crippen molar-refractivity contribution in [2.45, 2.75) is 6.92 Å². The molecule has 1 aliphatic rings. The second-order valence-electron chi connectivity index (χ2n) is 3.85. The van der Waals surface area contributed by atoms with Gasteiger partial charge in [-0.25, -0.2) is 4.79 Å². The zero-order valence-corrected chi connectivity index (χ0v) is 8.82. The highest BCUT2D eigenvalue weighted by atomic mass is 16.5. The molecule has 1 aromatic heterocycles. The molecule has 0 fully saturated rings. The van der Waals surface area contributed by atoms with Crippen LogP contribution in [0.4, 0.5) is 0 Å². The van der Waals surface area contributed by atoms with Gasteiger partial charge >= 0.3 is 5.63 Å². The molecule has 0 atom stereocenters. The summed E-state index contributed by atoms with van der Waals surface area (Å²) >= 11 is 0. The monoisotopic (exact) mass is 214 g/mol. The van der Waals surface area contributed by atoms with Crippen molar-refractivity contribution in [1.82, 2.24) is 0 Å². The molecule has 0 aliphatic carbocycles. The van der Waals surface area contributed by atoms with E-state index in [2.05, 4.69) is 0 Å². The summed E-state index contributed by atoms with van der Waals surface area (Å²) in [4.78, 5) is 11.3. The van der Waals surface area contributed by atoms with Gasteiger partial charge in [-0.1, -0.05) is 6.08 Å². The van der Waals surface area contributed by atoms with Crippen LogP contribution in [0.3, 0.4) is 0 Å². The molecule has 0 radical (unpaired) electrons. The van der Waals surface area contributed by atoms with Gasteiger partial charge in [-0.3, -0.25) is 0 Å². The van der Waals surface area contributed by atoms with Gasteiger partial charge in [0, 0.05) is 23.1 Å². The third kappa shape index (κ3) is 1.33. The van der Waals surface area contributed by atoms with E-state index in [4.69, 9.17) is 9.15 Å². The Kier molecular flexibility index (Phi) is 1.86. The number of rotatable bonds is 0. The minimum Gasteiger partial charge on any atom is -0.489 e. The predicted octanol–water partition coefficient (Wildman–Crippen LogP) is 2.51. The predicted molar refractivity (Wildman–Crippen MR) is 61.8 cm³/mol. The van der Waals surface area contributed by atoms with Crippen molar-refractivity contribution in [3.8, 4) is 5.75 Å². The number of hydrogen-bond acceptors (Lipinski definition) is 3. The third-order valence-electron chi connectivity index (χ3n) is 2.71. The highest BCUT2D eigenvalue weighted by Gasteiger charge is 2.10. The Bertz CT molecular complexity index is 650. The van der Waals surface area contributed by atoms with Gasteiger partial charge in [0.2, 0.25) is 0 Å². The van der Waals surface area contributed by atoms with E-state index in [0.717, 1.165) is 22.3 Å². The summed E-state index contributed by atoms with van der Waals surface area (Å²) in [6, 6.07) is 5.27. The normalized spacial score (nSPS) is 13.6. The van der Waals surface area contributed by atoms with Gasteiger partial charge in [0.25, 0.3) is 0 Å². The van der Waals surface area contributed by atoms with Crippen molar-refractivity contribution in [3.63, 3.8) is 0 Å². The van der Waals surface area contributed by atoms with Crippen LogP contribution in [0.25, 0.3) is 17.0 Å². The lowest BCUT2D eigenvalue weighted by atomic mass is 10.1. The minimum atomic E-state index is -0.323. The van der Waals surface area contributed by atoms with Gasteiger partial charge < -0.3 is 9.15 Å². The van der Waals surface area contributed by atoms with Crippen molar-refractivity contribution in [1.29, 1.82) is 0 Å². The lowest BCUT2D eigenvalue weighted by Gasteiger charge is -2.13. The van der Waals surface area contributed by atoms with E-state index < -0.39 is 0 Å². The molecular formula is C13H10O3. The molecule has 0 bridgehead atoms. The summed E-state index contributed by atoms with van der Waals surface area (Å²) in [5, 5.41) is 0.952. The molecule has 0 amide bonds. The number of hydrogen-bond donors (Lipinski definition) is 0. The smallest absolute Gasteiger partial charge is 0.336 e. The van der Waals surface area contributed by atoms with Gasteiger partial charge in [0.15, 0.2) is 0 Å². The van der Waals surface area contributed by atoms with Crippen molar-refractivity contribution in [3.05, 3.63) is 45.8 Å². The second-order valence-corrected chi connectivity index (χ2v) is 3.85. The van der Waals surface area contributed by atoms with Crippen LogP contribution in [0.5, 0.6) is 5.75 Å². The SMILES string of the molecule is Cc1cc(=O)oc2cc3c(cc12)C=CCO3. The maximum atomic E-state index is 11.3. The summed E-state index contributed by atoms with van der Waals surface area (Å²) in [6.07, 6.45) is 3.98. The van der Waals surface area contributed by atoms with Crippen LogP contribution in [0.1, 0.15) is 11.1 Å². The maximum absolute atomic E-state index is 11.3. The average molecular weight is 214 g/mol. The minimum absolute atomic E-state index is 0.323. The topological polar surface area (TPSA) is 39.4 Å². The first-order valence-corrected chi connectivity index (χ1v) is 5.12. The molecule has 3 rings (SSSR count). The van der Waals surface area contributed by atoms with E-state index in [-0.39, 0.29) is 5.63 Å². The Morgan fingerprint density at radius 1 is 1.25 bits per heavy atom. The van der Waals surface area contributed by atoms with E-state index in [1.807, 2.05) is 25.1 Å². The fraction of sp³-hybridized carbons (Fsp3) is 0.154. The zero-order chi connectivity index (χ0) is 11.1. The first-order valence-electron chi connectivity index (χ1n) is 5.12. The largest absolute Gasteiger partial charge is 0.489 e. The summed E-state index contributed by atoms with van der Waals surface area (Å²) < 4.78 is 10.6. The molecule has 0 spiro atoms. The van der Waals surface area contributed by atoms with Crippen molar-refractivity contribution in [2.75, 3.05) is 6.61 Å². The molecule has 0 saturated carbocycles. The fourth-order valence-electron chi connectivity index (χ4n) is 1.93. The lowest BCUT2D eigenvalue weighted by molar-refractivity contribution is 0.358. The average Bonchev–Trinajstić information content (AvgIpc) is 2.27. The third-order valence-corrected chi connectivity index (χ3v) is 2.71. The van der Waals surface area contributed by atoms with Gasteiger partial charge in [-0.2, -0.15) is 0 Å². The molecular weight excluding hydrogens is 204 g/mol. The van der Waals surface area contributed by atoms with Crippen LogP contribution in [-0.2, 0) is 0 Å². The van der Waals surface area contributed by atoms with E-state index in [1.165, 1.54) is 6.07 Å². The molecule has 0 N–H and O–H groups in total. The molecule has 1 aliphatic heterocycles. The highest BCUT2D eigenvalue weighted by Crippen LogP contribution is 2.29. The van der Waals surface area contributed by atoms with Crippen LogP contribution in [0.2, 0.25) is 0 Å². The molecule has 2 aromatic rings. The molecule has 2 heterocycles. The summed E-state index contributed by atoms with van der Waals surface area (Å²) in [5.41, 5.74) is 2.21. The van der Waals surface area contributed by atoms with Gasteiger partial charge in [0.1, 0.15) is 17.9 Å². The van der Waals surface area contributed by atoms with E-state index in [0.29, 0.717) is 12.2 Å².